The van der Waals surface area contributed by atoms with Gasteiger partial charge in [-0.15, -0.1) is 0 Å². The zero-order valence-electron chi connectivity index (χ0n) is 14.5. The molecular weight excluding hydrogens is 346 g/mol. The first-order valence-electron chi connectivity index (χ1n) is 8.48. The standard InChI is InChI=1S/C19H17N5O3/c1-24-16(25)8-14(17(24)11-3-2-6-20-9-11)19(27)23-12-4-5-15-13(7-12)18(26)22-10-21-15/h2-7,9-10,14,17H,8H2,1H3,(H,23,27)(H,21,22,26). The van der Waals surface area contributed by atoms with E-state index in [1.54, 1.807) is 48.6 Å². The van der Waals surface area contributed by atoms with Crippen molar-refractivity contribution in [2.75, 3.05) is 12.4 Å². The van der Waals surface area contributed by atoms with Gasteiger partial charge in [0.05, 0.1) is 29.2 Å². The van der Waals surface area contributed by atoms with Crippen LogP contribution in [-0.2, 0) is 9.59 Å². The number of nitrogens with zero attached hydrogens (tertiary/aromatic N) is 3. The molecule has 0 saturated carbocycles. The van der Waals surface area contributed by atoms with Crippen LogP contribution in [0.15, 0.2) is 53.8 Å². The van der Waals surface area contributed by atoms with Crippen molar-refractivity contribution in [2.24, 2.45) is 5.92 Å². The third kappa shape index (κ3) is 3.05. The van der Waals surface area contributed by atoms with Crippen molar-refractivity contribution in [1.29, 1.82) is 0 Å². The van der Waals surface area contributed by atoms with Gasteiger partial charge in [-0.2, -0.15) is 0 Å². The van der Waals surface area contributed by atoms with E-state index in [0.717, 1.165) is 5.56 Å². The Hall–Kier alpha value is -3.55. The summed E-state index contributed by atoms with van der Waals surface area (Å²) in [6.45, 7) is 0. The molecule has 2 unspecified atom stereocenters. The second-order valence-corrected chi connectivity index (χ2v) is 6.50. The second-order valence-electron chi connectivity index (χ2n) is 6.50. The highest BCUT2D eigenvalue weighted by Gasteiger charge is 2.42. The van der Waals surface area contributed by atoms with Crippen molar-refractivity contribution in [3.05, 3.63) is 65.0 Å². The molecule has 3 heterocycles. The maximum absolute atomic E-state index is 12.9. The number of pyridine rings is 1. The average molecular weight is 363 g/mol. The number of likely N-dealkylation sites (tertiary alicyclic amines) is 1. The van der Waals surface area contributed by atoms with Crippen molar-refractivity contribution >= 4 is 28.4 Å². The number of anilines is 1. The molecule has 3 aromatic rings. The summed E-state index contributed by atoms with van der Waals surface area (Å²) < 4.78 is 0. The number of fused-ring (bicyclic) bond motifs is 1. The van der Waals surface area contributed by atoms with Crippen LogP contribution >= 0.6 is 0 Å². The van der Waals surface area contributed by atoms with Crippen LogP contribution < -0.4 is 10.9 Å². The van der Waals surface area contributed by atoms with Crippen LogP contribution in [0.25, 0.3) is 10.9 Å². The number of nitrogens with one attached hydrogen (secondary N) is 2. The zero-order valence-corrected chi connectivity index (χ0v) is 14.5. The monoisotopic (exact) mass is 363 g/mol. The maximum Gasteiger partial charge on any atom is 0.258 e. The van der Waals surface area contributed by atoms with Gasteiger partial charge in [0.15, 0.2) is 0 Å². The maximum atomic E-state index is 12.9. The summed E-state index contributed by atoms with van der Waals surface area (Å²) in [7, 11) is 1.69. The van der Waals surface area contributed by atoms with Crippen molar-refractivity contribution in [3.63, 3.8) is 0 Å². The topological polar surface area (TPSA) is 108 Å². The Balaban J connectivity index is 1.63. The van der Waals surface area contributed by atoms with Crippen LogP contribution in [0.4, 0.5) is 5.69 Å². The molecule has 27 heavy (non-hydrogen) atoms. The third-order valence-corrected chi connectivity index (χ3v) is 4.86. The number of benzene rings is 1. The predicted molar refractivity (Wildman–Crippen MR) is 98.8 cm³/mol. The number of carbonyl (C=O) groups excluding carboxylic acids is 2. The molecule has 2 aromatic heterocycles. The minimum absolute atomic E-state index is 0.0943. The van der Waals surface area contributed by atoms with Gasteiger partial charge in [-0.05, 0) is 29.8 Å². The van der Waals surface area contributed by atoms with E-state index >= 15 is 0 Å². The SMILES string of the molecule is CN1C(=O)CC(C(=O)Nc2ccc3nc[nH]c(=O)c3c2)C1c1cccnc1. The lowest BCUT2D eigenvalue weighted by molar-refractivity contribution is -0.127. The molecule has 2 amide bonds. The van der Waals surface area contributed by atoms with E-state index in [1.807, 2.05) is 6.07 Å². The number of amides is 2. The molecule has 1 aromatic carbocycles. The van der Waals surface area contributed by atoms with Crippen LogP contribution in [0.5, 0.6) is 0 Å². The number of rotatable bonds is 3. The highest BCUT2D eigenvalue weighted by molar-refractivity contribution is 5.99. The second kappa shape index (κ2) is 6.64. The molecule has 1 fully saturated rings. The Bertz CT molecular complexity index is 1080. The Kier molecular flexibility index (Phi) is 4.15. The van der Waals surface area contributed by atoms with Crippen molar-refractivity contribution in [2.45, 2.75) is 12.5 Å². The van der Waals surface area contributed by atoms with Gasteiger partial charge in [-0.1, -0.05) is 6.07 Å². The smallest absolute Gasteiger partial charge is 0.258 e. The van der Waals surface area contributed by atoms with Crippen molar-refractivity contribution < 1.29 is 9.59 Å². The summed E-state index contributed by atoms with van der Waals surface area (Å²) in [5, 5.41) is 3.21. The van der Waals surface area contributed by atoms with Gasteiger partial charge >= 0.3 is 0 Å². The first-order valence-corrected chi connectivity index (χ1v) is 8.48. The molecule has 2 N–H and O–H groups in total. The molecule has 1 saturated heterocycles. The number of H-pyrrole nitrogens is 1. The number of aromatic nitrogens is 3. The van der Waals surface area contributed by atoms with E-state index in [9.17, 15) is 14.4 Å². The van der Waals surface area contributed by atoms with Gasteiger partial charge in [0.2, 0.25) is 11.8 Å². The molecular formula is C19H17N5O3. The first kappa shape index (κ1) is 16.9. The molecule has 136 valence electrons. The Morgan fingerprint density at radius 3 is 2.93 bits per heavy atom. The highest BCUT2D eigenvalue weighted by Crippen LogP contribution is 2.37. The molecule has 0 spiro atoms. The lowest BCUT2D eigenvalue weighted by Gasteiger charge is -2.24. The number of hydrogen-bond acceptors (Lipinski definition) is 5. The summed E-state index contributed by atoms with van der Waals surface area (Å²) in [6.07, 6.45) is 4.77. The quantitative estimate of drug-likeness (QED) is 0.733. The van der Waals surface area contributed by atoms with Crippen molar-refractivity contribution in [1.82, 2.24) is 19.9 Å². The fourth-order valence-corrected chi connectivity index (χ4v) is 3.49. The molecule has 1 aliphatic heterocycles. The molecule has 0 bridgehead atoms. The Morgan fingerprint density at radius 2 is 2.15 bits per heavy atom. The summed E-state index contributed by atoms with van der Waals surface area (Å²) in [4.78, 5) is 49.3. The minimum atomic E-state index is -0.547. The number of carbonyl (C=O) groups is 2. The summed E-state index contributed by atoms with van der Waals surface area (Å²) >= 11 is 0. The fraction of sp³-hybridized carbons (Fsp3) is 0.211. The van der Waals surface area contributed by atoms with Gasteiger partial charge in [0, 0.05) is 31.5 Å². The van der Waals surface area contributed by atoms with Crippen LogP contribution in [0.3, 0.4) is 0 Å². The summed E-state index contributed by atoms with van der Waals surface area (Å²) in [5.41, 5.74) is 1.56. The molecule has 8 heteroatoms. The minimum Gasteiger partial charge on any atom is -0.338 e. The summed E-state index contributed by atoms with van der Waals surface area (Å²) in [6, 6.07) is 8.20. The van der Waals surface area contributed by atoms with Crippen molar-refractivity contribution in [3.8, 4) is 0 Å². The zero-order chi connectivity index (χ0) is 19.0. The van der Waals surface area contributed by atoms with Crippen LogP contribution in [0, 0.1) is 5.92 Å². The number of hydrogen-bond donors (Lipinski definition) is 2. The molecule has 1 aliphatic rings. The lowest BCUT2D eigenvalue weighted by atomic mass is 9.94. The Morgan fingerprint density at radius 1 is 1.30 bits per heavy atom. The van der Waals surface area contributed by atoms with Gasteiger partial charge in [-0.25, -0.2) is 4.98 Å². The van der Waals surface area contributed by atoms with Crippen LogP contribution in [0.2, 0.25) is 0 Å². The lowest BCUT2D eigenvalue weighted by Crippen LogP contribution is -2.30. The fourth-order valence-electron chi connectivity index (χ4n) is 3.49. The molecule has 8 nitrogen and oxygen atoms in total. The summed E-state index contributed by atoms with van der Waals surface area (Å²) in [5.74, 6) is -0.918. The molecule has 2 atom stereocenters. The predicted octanol–water partition coefficient (Wildman–Crippen LogP) is 1.48. The van der Waals surface area contributed by atoms with E-state index in [4.69, 9.17) is 0 Å². The van der Waals surface area contributed by atoms with Gasteiger partial charge in [-0.3, -0.25) is 19.4 Å². The molecule has 0 aliphatic carbocycles. The van der Waals surface area contributed by atoms with Crippen LogP contribution in [0.1, 0.15) is 18.0 Å². The largest absolute Gasteiger partial charge is 0.338 e. The average Bonchev–Trinajstić information content (AvgIpc) is 2.98. The first-order chi connectivity index (χ1) is 13.0. The Labute approximate surface area is 154 Å². The highest BCUT2D eigenvalue weighted by atomic mass is 16.2. The van der Waals surface area contributed by atoms with Gasteiger partial charge in [0.1, 0.15) is 0 Å². The van der Waals surface area contributed by atoms with E-state index < -0.39 is 5.92 Å². The third-order valence-electron chi connectivity index (χ3n) is 4.86. The van der Waals surface area contributed by atoms with Crippen LogP contribution in [-0.4, -0.2) is 38.7 Å². The van der Waals surface area contributed by atoms with Gasteiger partial charge in [0.25, 0.3) is 5.56 Å². The van der Waals surface area contributed by atoms with E-state index in [2.05, 4.69) is 20.3 Å². The van der Waals surface area contributed by atoms with Gasteiger partial charge < -0.3 is 15.2 Å². The molecule has 0 radical (unpaired) electrons. The van der Waals surface area contributed by atoms with E-state index in [0.29, 0.717) is 16.6 Å². The number of aromatic amines is 1. The normalized spacial score (nSPS) is 19.4. The van der Waals surface area contributed by atoms with E-state index in [1.165, 1.54) is 6.33 Å². The molecule has 4 rings (SSSR count). The van der Waals surface area contributed by atoms with E-state index in [-0.39, 0.29) is 29.8 Å².